The molecule has 0 saturated carbocycles. The SMILES string of the molecule is CCOC(=O)Oc1ccc2c(ccn2CCC(C)(C)NC[C@H](O)c2cccc(NS(=O)(=O)c3ccccc3)c2)c1. The first-order valence-electron chi connectivity index (χ1n) is 13.1. The van der Waals surface area contributed by atoms with Gasteiger partial charge >= 0.3 is 6.16 Å². The number of nitrogens with one attached hydrogen (secondary N) is 2. The Hall–Kier alpha value is -3.86. The molecule has 40 heavy (non-hydrogen) atoms. The summed E-state index contributed by atoms with van der Waals surface area (Å²) in [4.78, 5) is 11.8. The zero-order valence-corrected chi connectivity index (χ0v) is 23.6. The lowest BCUT2D eigenvalue weighted by atomic mass is 9.99. The number of rotatable bonds is 12. The molecule has 0 aliphatic rings. The zero-order chi connectivity index (χ0) is 28.8. The second-order valence-corrected chi connectivity index (χ2v) is 11.8. The maximum Gasteiger partial charge on any atom is 0.513 e. The normalized spacial score (nSPS) is 12.7. The molecule has 0 aliphatic heterocycles. The topological polar surface area (TPSA) is 119 Å². The molecule has 1 atom stereocenters. The minimum atomic E-state index is -3.72. The Labute approximate surface area is 234 Å². The lowest BCUT2D eigenvalue weighted by molar-refractivity contribution is 0.104. The van der Waals surface area contributed by atoms with Gasteiger partial charge in [0, 0.05) is 41.4 Å². The van der Waals surface area contributed by atoms with Crippen LogP contribution in [0.5, 0.6) is 5.75 Å². The summed E-state index contributed by atoms with van der Waals surface area (Å²) < 4.78 is 40.1. The van der Waals surface area contributed by atoms with E-state index in [2.05, 4.69) is 28.5 Å². The molecule has 0 amide bonds. The summed E-state index contributed by atoms with van der Waals surface area (Å²) in [6.07, 6.45) is 1.22. The molecule has 212 valence electrons. The fraction of sp³-hybridized carbons (Fsp3) is 0.300. The van der Waals surface area contributed by atoms with Gasteiger partial charge in [0.05, 0.1) is 17.6 Å². The Morgan fingerprint density at radius 1 is 1.02 bits per heavy atom. The molecular weight excluding hydrogens is 530 g/mol. The third kappa shape index (κ3) is 7.62. The summed E-state index contributed by atoms with van der Waals surface area (Å²) in [6, 6.07) is 22.4. The largest absolute Gasteiger partial charge is 0.513 e. The monoisotopic (exact) mass is 565 g/mol. The van der Waals surface area contributed by atoms with Crippen LogP contribution in [0.1, 0.15) is 38.9 Å². The van der Waals surface area contributed by atoms with Gasteiger partial charge in [-0.05, 0) is 81.3 Å². The molecule has 1 heterocycles. The second-order valence-electron chi connectivity index (χ2n) is 10.1. The number of nitrogens with zero attached hydrogens (tertiary/aromatic N) is 1. The zero-order valence-electron chi connectivity index (χ0n) is 22.8. The van der Waals surface area contributed by atoms with Crippen molar-refractivity contribution in [1.29, 1.82) is 0 Å². The van der Waals surface area contributed by atoms with Gasteiger partial charge in [-0.15, -0.1) is 0 Å². The van der Waals surface area contributed by atoms with E-state index >= 15 is 0 Å². The van der Waals surface area contributed by atoms with Gasteiger partial charge < -0.3 is 24.5 Å². The first-order chi connectivity index (χ1) is 19.1. The lowest BCUT2D eigenvalue weighted by Gasteiger charge is -2.28. The van der Waals surface area contributed by atoms with Crippen molar-refractivity contribution < 1.29 is 27.8 Å². The van der Waals surface area contributed by atoms with Crippen molar-refractivity contribution >= 4 is 32.8 Å². The highest BCUT2D eigenvalue weighted by molar-refractivity contribution is 7.92. The molecule has 0 fully saturated rings. The van der Waals surface area contributed by atoms with Crippen LogP contribution in [0, 0.1) is 0 Å². The number of benzene rings is 3. The Kier molecular flexibility index (Phi) is 9.14. The Balaban J connectivity index is 1.33. The van der Waals surface area contributed by atoms with E-state index in [0.717, 1.165) is 23.9 Å². The van der Waals surface area contributed by atoms with Crippen molar-refractivity contribution in [3.63, 3.8) is 0 Å². The third-order valence-corrected chi connectivity index (χ3v) is 7.93. The summed E-state index contributed by atoms with van der Waals surface area (Å²) in [6.45, 7) is 7.14. The highest BCUT2D eigenvalue weighted by atomic mass is 32.2. The minimum absolute atomic E-state index is 0.172. The standard InChI is InChI=1S/C30H35N3O6S/c1-4-38-29(35)39-25-13-14-27-22(20-25)15-17-33(27)18-16-30(2,3)31-21-28(34)23-9-8-10-24(19-23)32-40(36,37)26-11-6-5-7-12-26/h5-15,17,19-20,28,31-32,34H,4,16,18,21H2,1-3H3/t28-/m0/s1. The molecule has 0 aliphatic carbocycles. The Morgan fingerprint density at radius 3 is 2.55 bits per heavy atom. The molecule has 0 saturated heterocycles. The van der Waals surface area contributed by atoms with Crippen molar-refractivity contribution in [2.45, 2.75) is 50.3 Å². The van der Waals surface area contributed by atoms with Crippen LogP contribution in [0.15, 0.2) is 90.0 Å². The summed E-state index contributed by atoms with van der Waals surface area (Å²) >= 11 is 0. The summed E-state index contributed by atoms with van der Waals surface area (Å²) in [5, 5.41) is 15.2. The molecule has 3 aromatic carbocycles. The number of aryl methyl sites for hydroxylation is 1. The molecule has 0 spiro atoms. The molecule has 0 radical (unpaired) electrons. The van der Waals surface area contributed by atoms with Crippen LogP contribution in [0.25, 0.3) is 10.9 Å². The van der Waals surface area contributed by atoms with Gasteiger partial charge in [-0.1, -0.05) is 30.3 Å². The average molecular weight is 566 g/mol. The van der Waals surface area contributed by atoms with Crippen molar-refractivity contribution in [2.24, 2.45) is 0 Å². The average Bonchev–Trinajstić information content (AvgIpc) is 3.33. The highest BCUT2D eigenvalue weighted by Crippen LogP contribution is 2.25. The van der Waals surface area contributed by atoms with Gasteiger partial charge in [0.25, 0.3) is 10.0 Å². The smallest absolute Gasteiger partial charge is 0.434 e. The maximum atomic E-state index is 12.7. The van der Waals surface area contributed by atoms with E-state index in [9.17, 15) is 18.3 Å². The number of fused-ring (bicyclic) bond motifs is 1. The first-order valence-corrected chi connectivity index (χ1v) is 14.6. The quantitative estimate of drug-likeness (QED) is 0.154. The third-order valence-electron chi connectivity index (χ3n) is 6.53. The number of carbonyl (C=O) groups excluding carboxylic acids is 1. The highest BCUT2D eigenvalue weighted by Gasteiger charge is 2.20. The lowest BCUT2D eigenvalue weighted by Crippen LogP contribution is -2.42. The Bertz CT molecular complexity index is 1550. The fourth-order valence-electron chi connectivity index (χ4n) is 4.28. The van der Waals surface area contributed by atoms with Gasteiger partial charge in [-0.2, -0.15) is 0 Å². The summed E-state index contributed by atoms with van der Waals surface area (Å²) in [5.74, 6) is 0.427. The summed E-state index contributed by atoms with van der Waals surface area (Å²) in [7, 11) is -3.72. The Morgan fingerprint density at radius 2 is 1.80 bits per heavy atom. The van der Waals surface area contributed by atoms with Gasteiger partial charge in [-0.3, -0.25) is 4.72 Å². The maximum absolute atomic E-state index is 12.7. The van der Waals surface area contributed by atoms with E-state index in [1.807, 2.05) is 18.3 Å². The van der Waals surface area contributed by atoms with Crippen molar-refractivity contribution in [3.8, 4) is 5.75 Å². The number of β-amino-alcohol motifs (C(OH)–C–C–N with tert-alkyl or cyclic N) is 1. The molecule has 3 N–H and O–H groups in total. The van der Waals surface area contributed by atoms with Gasteiger partial charge in [0.2, 0.25) is 0 Å². The predicted octanol–water partition coefficient (Wildman–Crippen LogP) is 5.47. The van der Waals surface area contributed by atoms with Gasteiger partial charge in [0.15, 0.2) is 0 Å². The van der Waals surface area contributed by atoms with Crippen LogP contribution in [0.2, 0.25) is 0 Å². The number of anilines is 1. The van der Waals surface area contributed by atoms with Crippen LogP contribution in [0.4, 0.5) is 10.5 Å². The molecule has 0 unspecified atom stereocenters. The number of carbonyl (C=O) groups is 1. The van der Waals surface area contributed by atoms with Crippen LogP contribution in [0.3, 0.4) is 0 Å². The molecular formula is C30H35N3O6S. The number of hydrogen-bond acceptors (Lipinski definition) is 7. The number of ether oxygens (including phenoxy) is 2. The molecule has 1 aromatic heterocycles. The van der Waals surface area contributed by atoms with Crippen molar-refractivity contribution in [2.75, 3.05) is 17.9 Å². The van der Waals surface area contributed by atoms with Gasteiger partial charge in [0.1, 0.15) is 5.75 Å². The molecule has 4 rings (SSSR count). The van der Waals surface area contributed by atoms with Crippen LogP contribution in [-0.2, 0) is 21.3 Å². The van der Waals surface area contributed by atoms with Crippen LogP contribution < -0.4 is 14.8 Å². The van der Waals surface area contributed by atoms with Crippen LogP contribution in [-0.4, -0.2) is 42.9 Å². The van der Waals surface area contributed by atoms with E-state index in [0.29, 0.717) is 23.5 Å². The number of aliphatic hydroxyl groups is 1. The van der Waals surface area contributed by atoms with E-state index in [1.54, 1.807) is 61.5 Å². The minimum Gasteiger partial charge on any atom is -0.434 e. The number of sulfonamides is 1. The first kappa shape index (κ1) is 29.1. The molecule has 4 aromatic rings. The molecule has 9 nitrogen and oxygen atoms in total. The predicted molar refractivity (Wildman–Crippen MR) is 155 cm³/mol. The number of aromatic nitrogens is 1. The number of hydrogen-bond donors (Lipinski definition) is 3. The van der Waals surface area contributed by atoms with Crippen molar-refractivity contribution in [1.82, 2.24) is 9.88 Å². The van der Waals surface area contributed by atoms with E-state index < -0.39 is 22.3 Å². The van der Waals surface area contributed by atoms with Gasteiger partial charge in [-0.25, -0.2) is 13.2 Å². The molecule has 0 bridgehead atoms. The van der Waals surface area contributed by atoms with E-state index in [4.69, 9.17) is 9.47 Å². The fourth-order valence-corrected chi connectivity index (χ4v) is 5.35. The van der Waals surface area contributed by atoms with Crippen molar-refractivity contribution in [3.05, 3.63) is 90.6 Å². The number of aliphatic hydroxyl groups excluding tert-OH is 1. The van der Waals surface area contributed by atoms with E-state index in [-0.39, 0.29) is 17.0 Å². The van der Waals surface area contributed by atoms with Crippen LogP contribution >= 0.6 is 0 Å². The second kappa shape index (κ2) is 12.5. The van der Waals surface area contributed by atoms with E-state index in [1.165, 1.54) is 12.1 Å². The molecule has 10 heteroatoms. The summed E-state index contributed by atoms with van der Waals surface area (Å²) in [5.41, 5.74) is 1.71.